The lowest BCUT2D eigenvalue weighted by Crippen LogP contribution is -2.33. The van der Waals surface area contributed by atoms with Gasteiger partial charge in [-0.1, -0.05) is 41.5 Å². The van der Waals surface area contributed by atoms with Crippen molar-refractivity contribution in [2.75, 3.05) is 0 Å². The maximum Gasteiger partial charge on any atom is 0.473 e. The summed E-state index contributed by atoms with van der Waals surface area (Å²) in [5.41, 5.74) is -1.43. The second-order valence-corrected chi connectivity index (χ2v) is 10.9. The van der Waals surface area contributed by atoms with Gasteiger partial charge in [0, 0.05) is 0 Å². The van der Waals surface area contributed by atoms with Crippen LogP contribution in [-0.2, 0) is 13.6 Å². The van der Waals surface area contributed by atoms with E-state index in [0.717, 1.165) is 0 Å². The van der Waals surface area contributed by atoms with Gasteiger partial charge in [-0.15, -0.1) is 0 Å². The molecular weight excluding hydrogens is 287 g/mol. The van der Waals surface area contributed by atoms with Crippen molar-refractivity contribution >= 4 is 7.82 Å². The first-order valence-electron chi connectivity index (χ1n) is 7.57. The molecule has 0 saturated carbocycles. The predicted octanol–water partition coefficient (Wildman–Crippen LogP) is 5.55. The highest BCUT2D eigenvalue weighted by Crippen LogP contribution is 2.53. The highest BCUT2D eigenvalue weighted by Gasteiger charge is 2.40. The number of rotatable bonds is 6. The van der Waals surface area contributed by atoms with E-state index in [1.54, 1.807) is 0 Å². The molecule has 0 aromatic heterocycles. The summed E-state index contributed by atoms with van der Waals surface area (Å²) in [4.78, 5) is 10.1. The zero-order chi connectivity index (χ0) is 17.3. The van der Waals surface area contributed by atoms with Gasteiger partial charge in [-0.25, -0.2) is 4.57 Å². The van der Waals surface area contributed by atoms with E-state index >= 15 is 0 Å². The zero-order valence-corrected chi connectivity index (χ0v) is 16.4. The molecule has 0 spiro atoms. The molecule has 0 heterocycles. The van der Waals surface area contributed by atoms with Gasteiger partial charge in [0.15, 0.2) is 0 Å². The van der Waals surface area contributed by atoms with E-state index in [1.165, 1.54) is 0 Å². The van der Waals surface area contributed by atoms with E-state index in [-0.39, 0.29) is 10.8 Å². The molecule has 0 aliphatic rings. The molecule has 5 heteroatoms. The van der Waals surface area contributed by atoms with Crippen LogP contribution < -0.4 is 0 Å². The molecule has 4 nitrogen and oxygen atoms in total. The van der Waals surface area contributed by atoms with Crippen molar-refractivity contribution in [3.63, 3.8) is 0 Å². The largest absolute Gasteiger partial charge is 0.473 e. The molecule has 0 saturated heterocycles. The number of hydrogen-bond acceptors (Lipinski definition) is 3. The van der Waals surface area contributed by atoms with Gasteiger partial charge in [-0.2, -0.15) is 0 Å². The van der Waals surface area contributed by atoms with Crippen molar-refractivity contribution < 1.29 is 18.5 Å². The van der Waals surface area contributed by atoms with Gasteiger partial charge in [0.2, 0.25) is 0 Å². The molecule has 0 atom stereocenters. The number of phosphoric ester groups is 1. The molecule has 0 aliphatic carbocycles. The third-order valence-corrected chi connectivity index (χ3v) is 4.09. The Labute approximate surface area is 131 Å². The minimum Gasteiger partial charge on any atom is -0.302 e. The van der Waals surface area contributed by atoms with Crippen molar-refractivity contribution in [2.24, 2.45) is 10.8 Å². The highest BCUT2D eigenvalue weighted by molar-refractivity contribution is 7.47. The van der Waals surface area contributed by atoms with Gasteiger partial charge >= 0.3 is 7.82 Å². The van der Waals surface area contributed by atoms with Crippen LogP contribution in [0.4, 0.5) is 0 Å². The maximum atomic E-state index is 12.3. The third kappa shape index (κ3) is 11.3. The normalized spacial score (nSPS) is 15.4. The molecule has 21 heavy (non-hydrogen) atoms. The zero-order valence-electron chi connectivity index (χ0n) is 15.5. The van der Waals surface area contributed by atoms with Gasteiger partial charge in [-0.3, -0.25) is 9.05 Å². The fourth-order valence-electron chi connectivity index (χ4n) is 3.26. The topological polar surface area (TPSA) is 55.8 Å². The van der Waals surface area contributed by atoms with Crippen LogP contribution in [0.15, 0.2) is 0 Å². The SMILES string of the molecule is CC(C)(C)CC(C)(C)OP(=O)(O)OC(C)(C)CC(C)(C)C. The van der Waals surface area contributed by atoms with Crippen LogP contribution in [0.1, 0.15) is 82.1 Å². The number of hydrogen-bond donors (Lipinski definition) is 1. The number of phosphoric acid groups is 1. The van der Waals surface area contributed by atoms with Crippen LogP contribution >= 0.6 is 7.82 Å². The molecule has 0 unspecified atom stereocenters. The second kappa shape index (κ2) is 6.31. The Kier molecular flexibility index (Phi) is 6.35. The van der Waals surface area contributed by atoms with E-state index in [4.69, 9.17) is 9.05 Å². The molecule has 0 amide bonds. The van der Waals surface area contributed by atoms with Crippen molar-refractivity contribution in [3.05, 3.63) is 0 Å². The fourth-order valence-corrected chi connectivity index (χ4v) is 4.68. The minimum atomic E-state index is -4.11. The van der Waals surface area contributed by atoms with Crippen molar-refractivity contribution in [1.82, 2.24) is 0 Å². The van der Waals surface area contributed by atoms with Crippen LogP contribution in [0.25, 0.3) is 0 Å². The Bertz CT molecular complexity index is 352. The van der Waals surface area contributed by atoms with E-state index in [2.05, 4.69) is 41.5 Å². The summed E-state index contributed by atoms with van der Waals surface area (Å²) in [6.07, 6.45) is 1.32. The summed E-state index contributed by atoms with van der Waals surface area (Å²) in [6.45, 7) is 19.7. The van der Waals surface area contributed by atoms with Crippen LogP contribution in [-0.4, -0.2) is 16.1 Å². The molecule has 1 N–H and O–H groups in total. The van der Waals surface area contributed by atoms with Crippen LogP contribution in [0.2, 0.25) is 0 Å². The van der Waals surface area contributed by atoms with Crippen LogP contribution in [0.5, 0.6) is 0 Å². The molecule has 0 radical (unpaired) electrons. The van der Waals surface area contributed by atoms with Crippen LogP contribution in [0, 0.1) is 10.8 Å². The summed E-state index contributed by atoms with van der Waals surface area (Å²) < 4.78 is 23.2. The Morgan fingerprint density at radius 1 is 0.714 bits per heavy atom. The Morgan fingerprint density at radius 2 is 0.952 bits per heavy atom. The maximum absolute atomic E-state index is 12.3. The third-order valence-electron chi connectivity index (χ3n) is 2.64. The first-order valence-corrected chi connectivity index (χ1v) is 9.07. The first kappa shape index (κ1) is 21.1. The molecule has 0 fully saturated rings. The average Bonchev–Trinajstić information content (AvgIpc) is 1.83. The Hall–Kier alpha value is 0.110. The van der Waals surface area contributed by atoms with Crippen molar-refractivity contribution in [3.8, 4) is 0 Å². The van der Waals surface area contributed by atoms with Gasteiger partial charge in [0.1, 0.15) is 0 Å². The molecule has 0 aromatic carbocycles. The Morgan fingerprint density at radius 3 is 1.14 bits per heavy atom. The average molecular weight is 322 g/mol. The van der Waals surface area contributed by atoms with Gasteiger partial charge < -0.3 is 4.89 Å². The van der Waals surface area contributed by atoms with Crippen molar-refractivity contribution in [1.29, 1.82) is 0 Å². The predicted molar refractivity (Wildman–Crippen MR) is 88.3 cm³/mol. The lowest BCUT2D eigenvalue weighted by molar-refractivity contribution is -0.0237. The minimum absolute atomic E-state index is 0.00439. The monoisotopic (exact) mass is 322 g/mol. The molecule has 0 aromatic rings. The summed E-state index contributed by atoms with van der Waals surface area (Å²) in [5.74, 6) is 0. The van der Waals surface area contributed by atoms with Crippen molar-refractivity contribution in [2.45, 2.75) is 93.3 Å². The smallest absolute Gasteiger partial charge is 0.302 e. The van der Waals surface area contributed by atoms with E-state index in [0.29, 0.717) is 12.8 Å². The quantitative estimate of drug-likeness (QED) is 0.651. The highest BCUT2D eigenvalue weighted by atomic mass is 31.2. The summed E-state index contributed by atoms with van der Waals surface area (Å²) in [6, 6.07) is 0. The molecule has 0 bridgehead atoms. The lowest BCUT2D eigenvalue weighted by Gasteiger charge is -2.37. The van der Waals surface area contributed by atoms with Gasteiger partial charge in [0.25, 0.3) is 0 Å². The summed E-state index contributed by atoms with van der Waals surface area (Å²) in [5, 5.41) is 0. The summed E-state index contributed by atoms with van der Waals surface area (Å²) in [7, 11) is -4.11. The standard InChI is InChI=1S/C16H35O4P/c1-13(2,3)11-15(7,8)19-21(17,18)20-16(9,10)12-14(4,5)6/h11-12H2,1-10H3,(H,17,18). The molecule has 128 valence electrons. The van der Waals surface area contributed by atoms with E-state index in [9.17, 15) is 9.46 Å². The van der Waals surface area contributed by atoms with E-state index in [1.807, 2.05) is 27.7 Å². The molecule has 0 aliphatic heterocycles. The molecular formula is C16H35O4P. The fraction of sp³-hybridized carbons (Fsp3) is 1.00. The second-order valence-electron chi connectivity index (χ2n) is 9.65. The summed E-state index contributed by atoms with van der Waals surface area (Å²) >= 11 is 0. The first-order chi connectivity index (χ1) is 8.83. The lowest BCUT2D eigenvalue weighted by atomic mass is 9.84. The van der Waals surface area contributed by atoms with Gasteiger partial charge in [-0.05, 0) is 51.4 Å². The Balaban J connectivity index is 4.88. The van der Waals surface area contributed by atoms with Crippen LogP contribution in [0.3, 0.4) is 0 Å². The molecule has 0 rings (SSSR count). The van der Waals surface area contributed by atoms with E-state index < -0.39 is 19.0 Å². The van der Waals surface area contributed by atoms with Gasteiger partial charge in [0.05, 0.1) is 11.2 Å².